The van der Waals surface area contributed by atoms with Crippen LogP contribution in [-0.4, -0.2) is 112 Å². The normalized spacial score (nSPS) is 26.2. The van der Waals surface area contributed by atoms with Crippen LogP contribution in [-0.2, 0) is 24.0 Å². The maximum absolute atomic E-state index is 13.4. The predicted octanol–water partition coefficient (Wildman–Crippen LogP) is -2.30. The van der Waals surface area contributed by atoms with Crippen molar-refractivity contribution in [2.45, 2.75) is 68.7 Å². The summed E-state index contributed by atoms with van der Waals surface area (Å²) in [5.74, 6) is -3.28. The van der Waals surface area contributed by atoms with E-state index in [0.717, 1.165) is 19.4 Å². The molecular formula is C21H33N5O7S. The summed E-state index contributed by atoms with van der Waals surface area (Å²) in [5.41, 5.74) is 0. The Balaban J connectivity index is 1.63. The Bertz CT molecular complexity index is 806. The van der Waals surface area contributed by atoms with Crippen molar-refractivity contribution in [3.63, 3.8) is 0 Å². The molecule has 0 aromatic heterocycles. The monoisotopic (exact) mass is 499 g/mol. The van der Waals surface area contributed by atoms with E-state index >= 15 is 0 Å². The van der Waals surface area contributed by atoms with Crippen molar-refractivity contribution in [3.8, 4) is 0 Å². The third-order valence-corrected chi connectivity index (χ3v) is 7.00. The van der Waals surface area contributed by atoms with E-state index in [1.54, 1.807) is 4.90 Å². The van der Waals surface area contributed by atoms with Gasteiger partial charge in [-0.2, -0.15) is 12.6 Å². The van der Waals surface area contributed by atoms with E-state index in [0.29, 0.717) is 38.8 Å². The number of nitrogens with zero attached hydrogens (tertiary/aromatic N) is 2. The largest absolute Gasteiger partial charge is 0.480 e. The molecule has 190 valence electrons. The fourth-order valence-electron chi connectivity index (χ4n) is 4.80. The number of carboxylic acid groups (broad SMARTS) is 1. The predicted molar refractivity (Wildman–Crippen MR) is 123 cm³/mol. The average Bonchev–Trinajstić information content (AvgIpc) is 3.60. The van der Waals surface area contributed by atoms with Crippen molar-refractivity contribution < 1.29 is 34.2 Å². The van der Waals surface area contributed by atoms with Crippen LogP contribution in [0.1, 0.15) is 38.5 Å². The first kappa shape index (κ1) is 26.2. The first-order valence-corrected chi connectivity index (χ1v) is 12.3. The van der Waals surface area contributed by atoms with Gasteiger partial charge in [-0.05, 0) is 45.1 Å². The zero-order valence-corrected chi connectivity index (χ0v) is 19.8. The highest BCUT2D eigenvalue weighted by molar-refractivity contribution is 7.80. The van der Waals surface area contributed by atoms with E-state index in [2.05, 4.69) is 28.6 Å². The van der Waals surface area contributed by atoms with Crippen molar-refractivity contribution in [3.05, 3.63) is 0 Å². The van der Waals surface area contributed by atoms with Gasteiger partial charge in [-0.1, -0.05) is 0 Å². The molecule has 3 fully saturated rings. The van der Waals surface area contributed by atoms with E-state index in [-0.39, 0.29) is 23.6 Å². The maximum Gasteiger partial charge on any atom is 0.327 e. The van der Waals surface area contributed by atoms with Crippen LogP contribution in [0.15, 0.2) is 0 Å². The SMILES string of the molecule is O=C(O)[C@H](CS)NC(=O)[C@H](CO)NC(=O)[C@@H]1CCCN1C(=O)[C@@H]1CCCN1C(=O)[C@@H]1CCCN1. The molecule has 5 N–H and O–H groups in total. The third kappa shape index (κ3) is 5.81. The lowest BCUT2D eigenvalue weighted by Crippen LogP contribution is -2.58. The number of hydrogen-bond acceptors (Lipinski definition) is 8. The highest BCUT2D eigenvalue weighted by atomic mass is 32.1. The van der Waals surface area contributed by atoms with Crippen LogP contribution in [0.4, 0.5) is 0 Å². The van der Waals surface area contributed by atoms with Crippen molar-refractivity contribution in [1.29, 1.82) is 0 Å². The Labute approximate surface area is 203 Å². The highest BCUT2D eigenvalue weighted by Crippen LogP contribution is 2.26. The number of thiol groups is 1. The molecule has 0 radical (unpaired) electrons. The Morgan fingerprint density at radius 1 is 0.912 bits per heavy atom. The van der Waals surface area contributed by atoms with Crippen molar-refractivity contribution in [2.75, 3.05) is 32.0 Å². The molecule has 3 rings (SSSR count). The molecule has 3 heterocycles. The lowest BCUT2D eigenvalue weighted by molar-refractivity contribution is -0.147. The number of carboxylic acids is 1. The van der Waals surface area contributed by atoms with Crippen LogP contribution < -0.4 is 16.0 Å². The molecule has 4 amide bonds. The minimum absolute atomic E-state index is 0.0808. The Morgan fingerprint density at radius 3 is 2.12 bits per heavy atom. The number of hydrogen-bond donors (Lipinski definition) is 6. The Morgan fingerprint density at radius 2 is 1.56 bits per heavy atom. The number of nitrogens with one attached hydrogen (secondary N) is 3. The molecule has 13 heteroatoms. The van der Waals surface area contributed by atoms with Gasteiger partial charge in [0.2, 0.25) is 23.6 Å². The average molecular weight is 500 g/mol. The molecule has 0 unspecified atom stereocenters. The molecule has 5 atom stereocenters. The van der Waals surface area contributed by atoms with Crippen molar-refractivity contribution in [2.24, 2.45) is 0 Å². The molecule has 0 aromatic rings. The molecule has 12 nitrogen and oxygen atoms in total. The first-order chi connectivity index (χ1) is 16.3. The molecule has 3 aliphatic rings. The summed E-state index contributed by atoms with van der Waals surface area (Å²) in [6.07, 6.45) is 3.87. The van der Waals surface area contributed by atoms with Gasteiger partial charge in [0.05, 0.1) is 12.6 Å². The van der Waals surface area contributed by atoms with E-state index in [1.807, 2.05) is 0 Å². The zero-order valence-electron chi connectivity index (χ0n) is 18.9. The summed E-state index contributed by atoms with van der Waals surface area (Å²) in [7, 11) is 0. The summed E-state index contributed by atoms with van der Waals surface area (Å²) >= 11 is 3.87. The second-order valence-electron chi connectivity index (χ2n) is 8.85. The van der Waals surface area contributed by atoms with Gasteiger partial charge in [-0.3, -0.25) is 19.2 Å². The first-order valence-electron chi connectivity index (χ1n) is 11.7. The number of aliphatic hydroxyl groups is 1. The summed E-state index contributed by atoms with van der Waals surface area (Å²) in [5, 5.41) is 26.5. The Hall–Kier alpha value is -2.38. The summed E-state index contributed by atoms with van der Waals surface area (Å²) in [6, 6.07) is -4.37. The number of aliphatic hydroxyl groups excluding tert-OH is 1. The standard InChI is InChI=1S/C21H33N5O7S/c27-10-13(17(28)24-14(11-34)21(32)33)23-18(29)15-5-2-8-25(15)20(31)16-6-3-9-26(16)19(30)12-4-1-7-22-12/h12-16,22,27,34H,1-11H2,(H,23,29)(H,24,28)(H,32,33)/t12-,13-,14-,15-,16-/m0/s1. The van der Waals surface area contributed by atoms with Gasteiger partial charge in [0.1, 0.15) is 24.2 Å². The quantitative estimate of drug-likeness (QED) is 0.193. The topological polar surface area (TPSA) is 168 Å². The number of amides is 4. The van der Waals surface area contributed by atoms with E-state index in [1.165, 1.54) is 4.90 Å². The number of carbonyl (C=O) groups excluding carboxylic acids is 4. The van der Waals surface area contributed by atoms with Gasteiger partial charge < -0.3 is 36.0 Å². The van der Waals surface area contributed by atoms with Gasteiger partial charge in [0.15, 0.2) is 0 Å². The molecule has 0 bridgehead atoms. The smallest absolute Gasteiger partial charge is 0.327 e. The fraction of sp³-hybridized carbons (Fsp3) is 0.762. The maximum atomic E-state index is 13.4. The number of rotatable bonds is 9. The van der Waals surface area contributed by atoms with Gasteiger partial charge in [0, 0.05) is 18.8 Å². The molecule has 0 spiro atoms. The molecule has 3 aliphatic heterocycles. The second-order valence-corrected chi connectivity index (χ2v) is 9.22. The van der Waals surface area contributed by atoms with Crippen molar-refractivity contribution >= 4 is 42.2 Å². The van der Waals surface area contributed by atoms with Crippen LogP contribution in [0.5, 0.6) is 0 Å². The van der Waals surface area contributed by atoms with Gasteiger partial charge >= 0.3 is 5.97 Å². The second kappa shape index (κ2) is 11.8. The highest BCUT2D eigenvalue weighted by Gasteiger charge is 2.44. The lowest BCUT2D eigenvalue weighted by Gasteiger charge is -2.32. The molecule has 34 heavy (non-hydrogen) atoms. The van der Waals surface area contributed by atoms with E-state index in [4.69, 9.17) is 5.11 Å². The van der Waals surface area contributed by atoms with Crippen molar-refractivity contribution in [1.82, 2.24) is 25.8 Å². The lowest BCUT2D eigenvalue weighted by atomic mass is 10.1. The van der Waals surface area contributed by atoms with Crippen LogP contribution in [0, 0.1) is 0 Å². The zero-order chi connectivity index (χ0) is 24.8. The summed E-state index contributed by atoms with van der Waals surface area (Å²) < 4.78 is 0. The third-order valence-electron chi connectivity index (χ3n) is 6.63. The van der Waals surface area contributed by atoms with Gasteiger partial charge in [0.25, 0.3) is 0 Å². The Kier molecular flexibility index (Phi) is 9.14. The van der Waals surface area contributed by atoms with Gasteiger partial charge in [-0.25, -0.2) is 4.79 Å². The molecule has 0 saturated carbocycles. The number of carbonyl (C=O) groups is 5. The minimum Gasteiger partial charge on any atom is -0.480 e. The fourth-order valence-corrected chi connectivity index (χ4v) is 5.04. The van der Waals surface area contributed by atoms with E-state index in [9.17, 15) is 29.1 Å². The van der Waals surface area contributed by atoms with Crippen LogP contribution in [0.3, 0.4) is 0 Å². The van der Waals surface area contributed by atoms with Crippen LogP contribution in [0.2, 0.25) is 0 Å². The molecule has 3 saturated heterocycles. The van der Waals surface area contributed by atoms with E-state index < -0.39 is 48.6 Å². The number of likely N-dealkylation sites (tertiary alicyclic amines) is 2. The number of aliphatic carboxylic acids is 1. The summed E-state index contributed by atoms with van der Waals surface area (Å²) in [6.45, 7) is 0.892. The summed E-state index contributed by atoms with van der Waals surface area (Å²) in [4.78, 5) is 65.8. The minimum atomic E-state index is -1.37. The molecular weight excluding hydrogens is 466 g/mol. The van der Waals surface area contributed by atoms with Crippen LogP contribution >= 0.6 is 12.6 Å². The van der Waals surface area contributed by atoms with Crippen LogP contribution in [0.25, 0.3) is 0 Å². The molecule has 0 aliphatic carbocycles. The van der Waals surface area contributed by atoms with Gasteiger partial charge in [-0.15, -0.1) is 0 Å². The molecule has 0 aromatic carbocycles.